The van der Waals surface area contributed by atoms with E-state index in [9.17, 15) is 4.79 Å². The van der Waals surface area contributed by atoms with Crippen molar-refractivity contribution in [2.24, 2.45) is 0 Å². The van der Waals surface area contributed by atoms with Gasteiger partial charge in [-0.05, 0) is 16.4 Å². The molecular weight excluding hydrogens is 308 g/mol. The molecule has 0 amide bonds. The molecule has 25 heavy (non-hydrogen) atoms. The maximum absolute atomic E-state index is 13.1. The average molecular weight is 334 g/mol. The van der Waals surface area contributed by atoms with Crippen LogP contribution in [0, 0.1) is 0 Å². The number of rotatable bonds is 0. The van der Waals surface area contributed by atoms with Crippen LogP contribution in [-0.2, 0) is 10.8 Å². The molecule has 0 bridgehead atoms. The molecular formula is C23H26O2. The first kappa shape index (κ1) is 16.4. The summed E-state index contributed by atoms with van der Waals surface area (Å²) in [5.41, 5.74) is 5.39. The first-order valence-corrected chi connectivity index (χ1v) is 9.08. The lowest BCUT2D eigenvalue weighted by atomic mass is 9.77. The number of hydrogen-bond donors (Lipinski definition) is 0. The second-order valence-electron chi connectivity index (χ2n) is 9.41. The van der Waals surface area contributed by atoms with Gasteiger partial charge < -0.3 is 4.74 Å². The third-order valence-electron chi connectivity index (χ3n) is 5.49. The highest BCUT2D eigenvalue weighted by Crippen LogP contribution is 2.56. The molecule has 4 rings (SSSR count). The van der Waals surface area contributed by atoms with E-state index in [1.807, 2.05) is 24.3 Å². The number of carbonyl (C=O) groups excluding carboxylic acids is 1. The molecule has 130 valence electrons. The van der Waals surface area contributed by atoms with Crippen LogP contribution in [0.5, 0.6) is 5.75 Å². The zero-order valence-corrected chi connectivity index (χ0v) is 15.9. The van der Waals surface area contributed by atoms with Crippen LogP contribution in [0.1, 0.15) is 86.2 Å². The molecule has 2 heteroatoms. The van der Waals surface area contributed by atoms with Gasteiger partial charge in [-0.3, -0.25) is 4.79 Å². The van der Waals surface area contributed by atoms with Crippen LogP contribution in [-0.4, -0.2) is 5.78 Å². The van der Waals surface area contributed by atoms with E-state index in [-0.39, 0.29) is 28.6 Å². The van der Waals surface area contributed by atoms with Crippen LogP contribution in [0.3, 0.4) is 0 Å². The van der Waals surface area contributed by atoms with Crippen molar-refractivity contribution in [3.05, 3.63) is 64.2 Å². The number of fused-ring (bicyclic) bond motifs is 5. The third-order valence-corrected chi connectivity index (χ3v) is 5.49. The second-order valence-corrected chi connectivity index (χ2v) is 9.41. The van der Waals surface area contributed by atoms with Gasteiger partial charge in [0, 0.05) is 22.3 Å². The highest BCUT2D eigenvalue weighted by atomic mass is 16.5. The van der Waals surface area contributed by atoms with Crippen LogP contribution in [0.2, 0.25) is 0 Å². The molecule has 2 aromatic rings. The Hall–Kier alpha value is -2.09. The number of carbonyl (C=O) groups is 1. The third kappa shape index (κ3) is 2.34. The minimum absolute atomic E-state index is 0.0294. The normalized spacial score (nSPS) is 21.6. The zero-order chi connectivity index (χ0) is 18.1. The van der Waals surface area contributed by atoms with E-state index >= 15 is 0 Å². The SMILES string of the molecule is CC(C)(C)c1cc2c(c(C(C)(C)C)c1)OC1c3ccccc3C(=O)C21. The molecule has 2 aliphatic rings. The predicted octanol–water partition coefficient (Wildman–Crippen LogP) is 5.70. The first-order chi connectivity index (χ1) is 11.6. The predicted molar refractivity (Wildman–Crippen MR) is 101 cm³/mol. The molecule has 0 saturated heterocycles. The summed E-state index contributed by atoms with van der Waals surface area (Å²) >= 11 is 0. The molecule has 2 unspecified atom stereocenters. The Morgan fingerprint density at radius 2 is 1.56 bits per heavy atom. The Labute approximate surface area is 150 Å². The van der Waals surface area contributed by atoms with Gasteiger partial charge >= 0.3 is 0 Å². The Kier molecular flexibility index (Phi) is 3.26. The lowest BCUT2D eigenvalue weighted by molar-refractivity contribution is 0.0934. The van der Waals surface area contributed by atoms with Crippen LogP contribution in [0.4, 0.5) is 0 Å². The lowest BCUT2D eigenvalue weighted by Crippen LogP contribution is -2.18. The smallest absolute Gasteiger partial charge is 0.174 e. The lowest BCUT2D eigenvalue weighted by Gasteiger charge is -2.27. The molecule has 2 nitrogen and oxygen atoms in total. The van der Waals surface area contributed by atoms with Gasteiger partial charge in [-0.25, -0.2) is 0 Å². The summed E-state index contributed by atoms with van der Waals surface area (Å²) < 4.78 is 6.43. The average Bonchev–Trinajstić information content (AvgIpc) is 3.02. The van der Waals surface area contributed by atoms with E-state index in [0.717, 1.165) is 22.4 Å². The molecule has 0 fully saturated rings. The fourth-order valence-corrected chi connectivity index (χ4v) is 4.02. The van der Waals surface area contributed by atoms with Crippen molar-refractivity contribution in [3.8, 4) is 5.75 Å². The van der Waals surface area contributed by atoms with Gasteiger partial charge in [0.1, 0.15) is 11.9 Å². The number of ketones is 1. The van der Waals surface area contributed by atoms with Crippen LogP contribution < -0.4 is 4.74 Å². The quantitative estimate of drug-likeness (QED) is 0.618. The maximum atomic E-state index is 13.1. The summed E-state index contributed by atoms with van der Waals surface area (Å²) in [6.07, 6.45) is -0.171. The van der Waals surface area contributed by atoms with E-state index in [1.54, 1.807) is 0 Å². The molecule has 0 saturated carbocycles. The van der Waals surface area contributed by atoms with Crippen molar-refractivity contribution >= 4 is 5.78 Å². The summed E-state index contributed by atoms with van der Waals surface area (Å²) in [5, 5.41) is 0. The summed E-state index contributed by atoms with van der Waals surface area (Å²) in [6, 6.07) is 12.4. The molecule has 0 N–H and O–H groups in total. The van der Waals surface area contributed by atoms with E-state index in [2.05, 4.69) is 53.7 Å². The molecule has 0 radical (unpaired) electrons. The van der Waals surface area contributed by atoms with E-state index in [4.69, 9.17) is 4.74 Å². The monoisotopic (exact) mass is 334 g/mol. The largest absolute Gasteiger partial charge is 0.484 e. The minimum atomic E-state index is -0.198. The highest BCUT2D eigenvalue weighted by molar-refractivity contribution is 6.07. The number of ether oxygens (including phenoxy) is 1. The summed E-state index contributed by atoms with van der Waals surface area (Å²) in [4.78, 5) is 13.1. The topological polar surface area (TPSA) is 26.3 Å². The number of hydrogen-bond acceptors (Lipinski definition) is 2. The van der Waals surface area contributed by atoms with E-state index < -0.39 is 0 Å². The molecule has 1 aliphatic carbocycles. The van der Waals surface area contributed by atoms with Crippen LogP contribution in [0.15, 0.2) is 36.4 Å². The van der Waals surface area contributed by atoms with Crippen molar-refractivity contribution < 1.29 is 9.53 Å². The Morgan fingerprint density at radius 3 is 2.20 bits per heavy atom. The second kappa shape index (κ2) is 4.97. The van der Waals surface area contributed by atoms with Crippen LogP contribution >= 0.6 is 0 Å². The minimum Gasteiger partial charge on any atom is -0.484 e. The Bertz CT molecular complexity index is 878. The fourth-order valence-electron chi connectivity index (χ4n) is 4.02. The maximum Gasteiger partial charge on any atom is 0.174 e. The van der Waals surface area contributed by atoms with Gasteiger partial charge in [0.05, 0.1) is 5.92 Å². The van der Waals surface area contributed by atoms with Crippen molar-refractivity contribution in [2.75, 3.05) is 0 Å². The summed E-state index contributed by atoms with van der Waals surface area (Å²) in [6.45, 7) is 13.3. The Balaban J connectivity index is 1.95. The van der Waals surface area contributed by atoms with Crippen molar-refractivity contribution in [1.29, 1.82) is 0 Å². The molecule has 1 heterocycles. The van der Waals surface area contributed by atoms with Gasteiger partial charge in [0.25, 0.3) is 0 Å². The number of benzene rings is 2. The van der Waals surface area contributed by atoms with Crippen molar-refractivity contribution in [3.63, 3.8) is 0 Å². The van der Waals surface area contributed by atoms with Gasteiger partial charge in [0.2, 0.25) is 0 Å². The summed E-state index contributed by atoms with van der Waals surface area (Å²) in [7, 11) is 0. The van der Waals surface area contributed by atoms with Gasteiger partial charge in [-0.15, -0.1) is 0 Å². The first-order valence-electron chi connectivity index (χ1n) is 9.08. The van der Waals surface area contributed by atoms with Crippen LogP contribution in [0.25, 0.3) is 0 Å². The van der Waals surface area contributed by atoms with Gasteiger partial charge in [0.15, 0.2) is 5.78 Å². The zero-order valence-electron chi connectivity index (χ0n) is 15.9. The number of Topliss-reactive ketones (excluding diaryl/α,β-unsaturated/α-hetero) is 1. The highest BCUT2D eigenvalue weighted by Gasteiger charge is 2.49. The van der Waals surface area contributed by atoms with Gasteiger partial charge in [-0.2, -0.15) is 0 Å². The molecule has 1 aliphatic heterocycles. The van der Waals surface area contributed by atoms with E-state index in [1.165, 1.54) is 11.1 Å². The van der Waals surface area contributed by atoms with Crippen molar-refractivity contribution in [1.82, 2.24) is 0 Å². The molecule has 2 aromatic carbocycles. The fraction of sp³-hybridized carbons (Fsp3) is 0.435. The molecule has 2 atom stereocenters. The summed E-state index contributed by atoms with van der Waals surface area (Å²) in [5.74, 6) is 0.930. The van der Waals surface area contributed by atoms with Gasteiger partial charge in [-0.1, -0.05) is 77.9 Å². The Morgan fingerprint density at radius 1 is 0.880 bits per heavy atom. The van der Waals surface area contributed by atoms with E-state index in [0.29, 0.717) is 0 Å². The van der Waals surface area contributed by atoms with Crippen molar-refractivity contribution in [2.45, 2.75) is 64.4 Å². The molecule has 0 spiro atoms. The standard InChI is InChI=1S/C23H26O2/c1-22(2,3)13-11-16-18-19(24)14-9-7-8-10-15(14)21(18)25-20(16)17(12-13)23(4,5)6/h7-12,18,21H,1-6H3. The molecule has 0 aromatic heterocycles.